The van der Waals surface area contributed by atoms with Gasteiger partial charge in [-0.25, -0.2) is 4.79 Å². The van der Waals surface area contributed by atoms with Gasteiger partial charge in [0.25, 0.3) is 0 Å². The summed E-state index contributed by atoms with van der Waals surface area (Å²) < 4.78 is 5.24. The lowest BCUT2D eigenvalue weighted by molar-refractivity contribution is 0.220. The predicted molar refractivity (Wildman–Crippen MR) is 57.8 cm³/mol. The fraction of sp³-hybridized carbons (Fsp3) is 0.300. The molecule has 1 rings (SSSR count). The van der Waals surface area contributed by atoms with Crippen molar-refractivity contribution >= 4 is 17.0 Å². The molecule has 1 aromatic carbocycles. The summed E-state index contributed by atoms with van der Waals surface area (Å²) in [5.41, 5.74) is -1.36. The van der Waals surface area contributed by atoms with Gasteiger partial charge in [-0.1, -0.05) is 19.1 Å². The minimum atomic E-state index is -1.36. The van der Waals surface area contributed by atoms with Crippen molar-refractivity contribution in [2.45, 2.75) is 13.3 Å². The van der Waals surface area contributed by atoms with Gasteiger partial charge in [-0.3, -0.25) is 0 Å². The number of phenolic OH excluding ortho intramolecular Hbond substituents is 1. The van der Waals surface area contributed by atoms with Crippen molar-refractivity contribution in [2.75, 3.05) is 6.61 Å². The van der Waals surface area contributed by atoms with Gasteiger partial charge in [0.15, 0.2) is 11.5 Å². The highest BCUT2D eigenvalue weighted by Gasteiger charge is 1.97. The molecule has 0 heterocycles. The highest BCUT2D eigenvalue weighted by Crippen LogP contribution is 2.24. The summed E-state index contributed by atoms with van der Waals surface area (Å²) in [7, 11) is 0. The molecule has 0 unspecified atom stereocenters. The summed E-state index contributed by atoms with van der Waals surface area (Å²) in [6, 6.07) is 6.98. The molecule has 0 bridgehead atoms. The summed E-state index contributed by atoms with van der Waals surface area (Å²) in [5.74, 6) is 0.773. The minimum absolute atomic E-state index is 0.209. The maximum Gasteiger partial charge on any atom is 0.401 e. The molecular weight excluding hydrogens is 220 g/mol. The molecule has 0 saturated heterocycles. The predicted octanol–water partition coefficient (Wildman–Crippen LogP) is 3.08. The Morgan fingerprint density at radius 2 is 2.00 bits per heavy atom. The molecule has 0 saturated carbocycles. The number of ether oxygens (including phenoxy) is 1. The van der Waals surface area contributed by atoms with Gasteiger partial charge in [0.05, 0.1) is 6.61 Å². The van der Waals surface area contributed by atoms with Crippen LogP contribution in [0.15, 0.2) is 24.3 Å². The molecule has 4 nitrogen and oxygen atoms in total. The first-order valence-corrected chi connectivity index (χ1v) is 4.75. The van der Waals surface area contributed by atoms with Crippen LogP contribution in [0, 0.1) is 0 Å². The van der Waals surface area contributed by atoms with Crippen molar-refractivity contribution < 1.29 is 19.7 Å². The van der Waals surface area contributed by atoms with Crippen molar-refractivity contribution in [1.82, 2.24) is 0 Å². The molecule has 0 atom stereocenters. The van der Waals surface area contributed by atoms with Crippen molar-refractivity contribution in [3.05, 3.63) is 24.3 Å². The first-order chi connectivity index (χ1) is 7.07. The van der Waals surface area contributed by atoms with E-state index in [1.165, 1.54) is 0 Å². The fourth-order valence-corrected chi connectivity index (χ4v) is 0.791. The third kappa shape index (κ3) is 7.64. The Hall–Kier alpha value is -1.42. The van der Waals surface area contributed by atoms with Crippen LogP contribution in [0.3, 0.4) is 0 Å². The Labute approximate surface area is 93.1 Å². The molecule has 0 aliphatic heterocycles. The number of aromatic hydroxyl groups is 1. The summed E-state index contributed by atoms with van der Waals surface area (Å²) in [6.07, 6.45) is 0.953. The molecule has 5 heteroatoms. The van der Waals surface area contributed by atoms with Gasteiger partial charge in [-0.15, -0.1) is 0 Å². The first-order valence-electron chi connectivity index (χ1n) is 4.37. The standard InChI is InChI=1S/C9H12O2.CHClO2/c1-2-7-11-9-6-4-3-5-8(9)10;2-1(3)4/h3-6,10H,2,7H2,1H3;(H,3,4). The van der Waals surface area contributed by atoms with E-state index in [1.807, 2.05) is 13.0 Å². The zero-order chi connectivity index (χ0) is 11.7. The molecule has 0 radical (unpaired) electrons. The Morgan fingerprint density at radius 3 is 2.47 bits per heavy atom. The monoisotopic (exact) mass is 232 g/mol. The Bertz CT molecular complexity index is 297. The SMILES string of the molecule is CCCOc1ccccc1O.O=C(O)Cl. The average molecular weight is 233 g/mol. The molecule has 1 aromatic rings. The third-order valence-corrected chi connectivity index (χ3v) is 1.33. The molecule has 0 aliphatic carbocycles. The van der Waals surface area contributed by atoms with E-state index in [2.05, 4.69) is 11.6 Å². The van der Waals surface area contributed by atoms with Crippen LogP contribution in [0.25, 0.3) is 0 Å². The van der Waals surface area contributed by atoms with Crippen molar-refractivity contribution in [1.29, 1.82) is 0 Å². The largest absolute Gasteiger partial charge is 0.504 e. The molecule has 0 spiro atoms. The van der Waals surface area contributed by atoms with Crippen molar-refractivity contribution in [2.24, 2.45) is 0 Å². The molecule has 2 N–H and O–H groups in total. The summed E-state index contributed by atoms with van der Waals surface area (Å²) >= 11 is 4.19. The summed E-state index contributed by atoms with van der Waals surface area (Å²) in [6.45, 7) is 2.68. The van der Waals surface area contributed by atoms with Crippen LogP contribution in [0.1, 0.15) is 13.3 Å². The number of rotatable bonds is 3. The van der Waals surface area contributed by atoms with Crippen LogP contribution >= 0.6 is 11.6 Å². The number of halogens is 1. The number of phenols is 1. The summed E-state index contributed by atoms with van der Waals surface area (Å²) in [5, 5.41) is 16.4. The van der Waals surface area contributed by atoms with Crippen molar-refractivity contribution in [3.63, 3.8) is 0 Å². The second-order valence-corrected chi connectivity index (χ2v) is 2.89. The normalized spacial score (nSPS) is 8.67. The number of carbonyl (C=O) groups is 1. The molecule has 84 valence electrons. The van der Waals surface area contributed by atoms with E-state index in [4.69, 9.17) is 14.6 Å². The van der Waals surface area contributed by atoms with E-state index in [0.29, 0.717) is 12.4 Å². The van der Waals surface area contributed by atoms with E-state index in [9.17, 15) is 5.11 Å². The second-order valence-electron chi connectivity index (χ2n) is 2.57. The number of hydrogen-bond donors (Lipinski definition) is 2. The number of carboxylic acid groups (broad SMARTS) is 1. The molecule has 0 aromatic heterocycles. The number of hydrogen-bond acceptors (Lipinski definition) is 3. The molecule has 0 aliphatic rings. The third-order valence-electron chi connectivity index (χ3n) is 1.33. The van der Waals surface area contributed by atoms with Crippen LogP contribution in [-0.4, -0.2) is 22.2 Å². The summed E-state index contributed by atoms with van der Waals surface area (Å²) in [4.78, 5) is 8.77. The van der Waals surface area contributed by atoms with Crippen LogP contribution in [0.4, 0.5) is 4.79 Å². The van der Waals surface area contributed by atoms with Gasteiger partial charge in [0.1, 0.15) is 0 Å². The Morgan fingerprint density at radius 1 is 1.47 bits per heavy atom. The second kappa shape index (κ2) is 7.94. The lowest BCUT2D eigenvalue weighted by Gasteiger charge is -2.04. The molecule has 0 fully saturated rings. The van der Waals surface area contributed by atoms with E-state index in [1.54, 1.807) is 18.2 Å². The highest BCUT2D eigenvalue weighted by molar-refractivity contribution is 6.60. The number of para-hydroxylation sites is 2. The molecular formula is C10H13ClO4. The zero-order valence-electron chi connectivity index (χ0n) is 8.31. The smallest absolute Gasteiger partial charge is 0.401 e. The molecule has 0 amide bonds. The van der Waals surface area contributed by atoms with E-state index < -0.39 is 5.43 Å². The number of benzene rings is 1. The lowest BCUT2D eigenvalue weighted by atomic mass is 10.3. The van der Waals surface area contributed by atoms with E-state index in [0.717, 1.165) is 6.42 Å². The van der Waals surface area contributed by atoms with Gasteiger partial charge in [-0.2, -0.15) is 0 Å². The average Bonchev–Trinajstić information content (AvgIpc) is 2.16. The van der Waals surface area contributed by atoms with Gasteiger partial charge in [0.2, 0.25) is 0 Å². The first kappa shape index (κ1) is 13.6. The fourth-order valence-electron chi connectivity index (χ4n) is 0.791. The maximum atomic E-state index is 9.21. The van der Waals surface area contributed by atoms with Gasteiger partial charge >= 0.3 is 5.43 Å². The van der Waals surface area contributed by atoms with Gasteiger partial charge < -0.3 is 14.9 Å². The van der Waals surface area contributed by atoms with Crippen LogP contribution in [-0.2, 0) is 0 Å². The quantitative estimate of drug-likeness (QED) is 0.786. The lowest BCUT2D eigenvalue weighted by Crippen LogP contribution is -1.94. The van der Waals surface area contributed by atoms with Gasteiger partial charge in [-0.05, 0) is 18.6 Å². The van der Waals surface area contributed by atoms with Gasteiger partial charge in [0, 0.05) is 11.6 Å². The Kier molecular flexibility index (Phi) is 7.18. The van der Waals surface area contributed by atoms with E-state index >= 15 is 0 Å². The highest BCUT2D eigenvalue weighted by atomic mass is 35.5. The zero-order valence-corrected chi connectivity index (χ0v) is 9.07. The van der Waals surface area contributed by atoms with Crippen LogP contribution in [0.5, 0.6) is 11.5 Å². The Balaban J connectivity index is 0.000000423. The maximum absolute atomic E-state index is 9.21. The van der Waals surface area contributed by atoms with Crippen molar-refractivity contribution in [3.8, 4) is 11.5 Å². The van der Waals surface area contributed by atoms with Crippen LogP contribution < -0.4 is 4.74 Å². The topological polar surface area (TPSA) is 66.8 Å². The molecule has 15 heavy (non-hydrogen) atoms. The minimum Gasteiger partial charge on any atom is -0.504 e. The van der Waals surface area contributed by atoms with E-state index in [-0.39, 0.29) is 5.75 Å². The van der Waals surface area contributed by atoms with Crippen LogP contribution in [0.2, 0.25) is 0 Å².